The molecule has 0 saturated heterocycles. The third-order valence-corrected chi connectivity index (χ3v) is 19.5. The SMILES string of the molecule is Cc1ccc(N2c3ccccc3C(c3ccc(N(c4ccc5c(c4)C(C)(C)c4ccccc4-5)c4cc(C)c(C)cc4C)cc3)(c3ccc(N(c4ccc5c(c4)C(C)(C)c4ccccc4-5)c4cc(C)c(C)cc4C)cc3)c3cc(C)ccc32)cc1. The molecule has 0 radical (unpaired) electrons. The molecule has 0 atom stereocenters. The minimum Gasteiger partial charge on any atom is -0.310 e. The maximum atomic E-state index is 2.50. The van der Waals surface area contributed by atoms with Gasteiger partial charge >= 0.3 is 0 Å². The Labute approximate surface area is 498 Å². The van der Waals surface area contributed by atoms with Crippen LogP contribution in [-0.4, -0.2) is 0 Å². The van der Waals surface area contributed by atoms with Crippen LogP contribution in [0.25, 0.3) is 22.3 Å². The van der Waals surface area contributed by atoms with Crippen LogP contribution in [0.5, 0.6) is 0 Å². The molecule has 0 unspecified atom stereocenters. The number of aryl methyl sites for hydroxylation is 8. The van der Waals surface area contributed by atoms with Crippen molar-refractivity contribution in [3.63, 3.8) is 0 Å². The van der Waals surface area contributed by atoms with Gasteiger partial charge in [0, 0.05) is 50.6 Å². The normalized spacial score (nSPS) is 14.5. The van der Waals surface area contributed by atoms with Crippen molar-refractivity contribution in [2.75, 3.05) is 14.7 Å². The first-order valence-electron chi connectivity index (χ1n) is 30.0. The number of para-hydroxylation sites is 1. The van der Waals surface area contributed by atoms with E-state index in [1.807, 2.05) is 0 Å². The van der Waals surface area contributed by atoms with Crippen molar-refractivity contribution in [1.29, 1.82) is 0 Å². The monoisotopic (exact) mass is 1090 g/mol. The van der Waals surface area contributed by atoms with E-state index in [9.17, 15) is 0 Å². The van der Waals surface area contributed by atoms with Crippen LogP contribution in [-0.2, 0) is 16.2 Å². The smallest absolute Gasteiger partial charge is 0.0742 e. The van der Waals surface area contributed by atoms with Gasteiger partial charge in [-0.25, -0.2) is 0 Å². The molecule has 2 aliphatic carbocycles. The van der Waals surface area contributed by atoms with Gasteiger partial charge in [0.15, 0.2) is 0 Å². The highest BCUT2D eigenvalue weighted by Gasteiger charge is 2.47. The summed E-state index contributed by atoms with van der Waals surface area (Å²) < 4.78 is 0. The lowest BCUT2D eigenvalue weighted by Crippen LogP contribution is -2.38. The Bertz CT molecular complexity index is 4250. The Morgan fingerprint density at radius 1 is 0.286 bits per heavy atom. The van der Waals surface area contributed by atoms with Gasteiger partial charge in [0.2, 0.25) is 0 Å². The number of hydrogen-bond donors (Lipinski definition) is 0. The van der Waals surface area contributed by atoms with Gasteiger partial charge in [-0.15, -0.1) is 0 Å². The zero-order valence-corrected chi connectivity index (χ0v) is 50.7. The van der Waals surface area contributed by atoms with E-state index in [-0.39, 0.29) is 10.8 Å². The molecule has 84 heavy (non-hydrogen) atoms. The second-order valence-corrected chi connectivity index (χ2v) is 25.5. The number of rotatable bonds is 9. The van der Waals surface area contributed by atoms with Crippen molar-refractivity contribution < 1.29 is 0 Å². The van der Waals surface area contributed by atoms with Gasteiger partial charge in [-0.2, -0.15) is 0 Å². The molecule has 11 aromatic carbocycles. The minimum atomic E-state index is -0.745. The quantitative estimate of drug-likeness (QED) is 0.143. The molecule has 11 aromatic rings. The Hall–Kier alpha value is -9.18. The molecule has 0 N–H and O–H groups in total. The molecular weight excluding hydrogens is 1010 g/mol. The molecule has 412 valence electrons. The molecule has 3 nitrogen and oxygen atoms in total. The molecule has 3 aliphatic rings. The van der Waals surface area contributed by atoms with Crippen molar-refractivity contribution in [3.8, 4) is 22.3 Å². The fourth-order valence-electron chi connectivity index (χ4n) is 14.8. The fraction of sp³-hybridized carbons (Fsp3) is 0.185. The summed E-state index contributed by atoms with van der Waals surface area (Å²) in [5.41, 5.74) is 35.0. The van der Waals surface area contributed by atoms with Crippen molar-refractivity contribution in [2.45, 2.75) is 99.3 Å². The van der Waals surface area contributed by atoms with Crippen LogP contribution in [0.3, 0.4) is 0 Å². The van der Waals surface area contributed by atoms with Gasteiger partial charge in [0.05, 0.1) is 16.8 Å². The average molecular weight is 1090 g/mol. The van der Waals surface area contributed by atoms with Gasteiger partial charge < -0.3 is 14.7 Å². The van der Waals surface area contributed by atoms with E-state index in [2.05, 4.69) is 322 Å². The fourth-order valence-corrected chi connectivity index (χ4v) is 14.8. The van der Waals surface area contributed by atoms with Crippen LogP contribution in [0, 0.1) is 55.4 Å². The lowest BCUT2D eigenvalue weighted by Gasteiger charge is -2.47. The largest absolute Gasteiger partial charge is 0.310 e. The zero-order valence-electron chi connectivity index (χ0n) is 50.7. The van der Waals surface area contributed by atoms with Crippen LogP contribution < -0.4 is 14.7 Å². The first-order chi connectivity index (χ1) is 40.4. The molecule has 0 amide bonds. The number of fused-ring (bicyclic) bond motifs is 8. The summed E-state index contributed by atoms with van der Waals surface area (Å²) in [4.78, 5) is 7.49. The third-order valence-electron chi connectivity index (χ3n) is 19.5. The van der Waals surface area contributed by atoms with Gasteiger partial charge in [-0.3, -0.25) is 0 Å². The molecule has 0 bridgehead atoms. The Morgan fingerprint density at radius 3 is 1.17 bits per heavy atom. The van der Waals surface area contributed by atoms with Gasteiger partial charge in [0.25, 0.3) is 0 Å². The molecule has 0 aromatic heterocycles. The lowest BCUT2D eigenvalue weighted by atomic mass is 9.62. The first-order valence-corrected chi connectivity index (χ1v) is 30.0. The zero-order chi connectivity index (χ0) is 58.1. The summed E-state index contributed by atoms with van der Waals surface area (Å²) >= 11 is 0. The standard InChI is InChI=1S/C81H73N3/c1-50-25-32-62(33-26-50)84-75-24-18-17-23-71(75)81(74-43-51(2)27-42-76(74)84,58-28-34-60(35-29-58)82(77-46-54(5)52(3)44-56(77)7)63-38-40-67-65-19-13-15-21-69(65)79(9,10)72(67)48-63)59-30-36-61(37-31-59)83(78-47-55(6)53(4)45-57(78)8)64-39-41-68-66-20-14-16-22-70(66)80(11,12)73(68)49-64/h13-49H,1-12H3. The van der Waals surface area contributed by atoms with Crippen molar-refractivity contribution in [1.82, 2.24) is 0 Å². The topological polar surface area (TPSA) is 9.72 Å². The molecule has 0 spiro atoms. The van der Waals surface area contributed by atoms with E-state index in [0.29, 0.717) is 0 Å². The molecular formula is C81H73N3. The van der Waals surface area contributed by atoms with E-state index in [1.54, 1.807) is 0 Å². The highest BCUT2D eigenvalue weighted by atomic mass is 15.2. The predicted molar refractivity (Wildman–Crippen MR) is 355 cm³/mol. The summed E-state index contributed by atoms with van der Waals surface area (Å²) in [6.07, 6.45) is 0. The van der Waals surface area contributed by atoms with E-state index < -0.39 is 5.41 Å². The van der Waals surface area contributed by atoms with Crippen LogP contribution in [0.2, 0.25) is 0 Å². The summed E-state index contributed by atoms with van der Waals surface area (Å²) in [5.74, 6) is 0. The third kappa shape index (κ3) is 7.99. The van der Waals surface area contributed by atoms with Gasteiger partial charge in [0.1, 0.15) is 0 Å². The first kappa shape index (κ1) is 52.9. The molecule has 1 heterocycles. The summed E-state index contributed by atoms with van der Waals surface area (Å²) in [7, 11) is 0. The van der Waals surface area contributed by atoms with E-state index in [0.717, 1.165) is 34.1 Å². The number of hydrogen-bond acceptors (Lipinski definition) is 3. The van der Waals surface area contributed by atoms with E-state index in [1.165, 1.54) is 128 Å². The van der Waals surface area contributed by atoms with Crippen LogP contribution in [0.4, 0.5) is 51.2 Å². The molecule has 0 saturated carbocycles. The van der Waals surface area contributed by atoms with Crippen molar-refractivity contribution in [2.24, 2.45) is 0 Å². The van der Waals surface area contributed by atoms with Gasteiger partial charge in [-0.05, 0) is 240 Å². The summed E-state index contributed by atoms with van der Waals surface area (Å²) in [5, 5.41) is 0. The molecule has 0 fully saturated rings. The Balaban J connectivity index is 0.983. The van der Waals surface area contributed by atoms with Gasteiger partial charge in [-0.1, -0.05) is 178 Å². The summed E-state index contributed by atoms with van der Waals surface area (Å²) in [6.45, 7) is 27.4. The highest BCUT2D eigenvalue weighted by Crippen LogP contribution is 2.59. The summed E-state index contributed by atoms with van der Waals surface area (Å²) in [6, 6.07) is 86.2. The maximum Gasteiger partial charge on any atom is 0.0742 e. The van der Waals surface area contributed by atoms with Crippen LogP contribution in [0.15, 0.2) is 224 Å². The average Bonchev–Trinajstić information content (AvgIpc) is 1.15. The Morgan fingerprint density at radius 2 is 0.679 bits per heavy atom. The van der Waals surface area contributed by atoms with Crippen LogP contribution >= 0.6 is 0 Å². The lowest BCUT2D eigenvalue weighted by molar-refractivity contribution is 0.660. The Kier molecular flexibility index (Phi) is 12.2. The number of nitrogens with zero attached hydrogens (tertiary/aromatic N) is 3. The maximum absolute atomic E-state index is 2.50. The molecule has 1 aliphatic heterocycles. The molecule has 14 rings (SSSR count). The highest BCUT2D eigenvalue weighted by molar-refractivity contribution is 5.92. The van der Waals surface area contributed by atoms with E-state index in [4.69, 9.17) is 0 Å². The second kappa shape index (κ2) is 19.5. The molecule has 3 heteroatoms. The van der Waals surface area contributed by atoms with Crippen molar-refractivity contribution >= 4 is 51.2 Å². The number of benzene rings is 11. The second-order valence-electron chi connectivity index (χ2n) is 25.5. The predicted octanol–water partition coefficient (Wildman–Crippen LogP) is 21.9. The van der Waals surface area contributed by atoms with Crippen molar-refractivity contribution in [3.05, 3.63) is 313 Å². The van der Waals surface area contributed by atoms with Crippen LogP contribution in [0.1, 0.15) is 117 Å². The van der Waals surface area contributed by atoms with E-state index >= 15 is 0 Å². The minimum absolute atomic E-state index is 0.149. The number of anilines is 9.